The van der Waals surface area contributed by atoms with Crippen molar-refractivity contribution in [3.8, 4) is 0 Å². The molecule has 1 fully saturated rings. The van der Waals surface area contributed by atoms with Gasteiger partial charge in [0.25, 0.3) is 0 Å². The van der Waals surface area contributed by atoms with Crippen molar-refractivity contribution < 1.29 is 19.4 Å². The van der Waals surface area contributed by atoms with Gasteiger partial charge in [0, 0.05) is 12.5 Å². The molecule has 0 aromatic rings. The van der Waals surface area contributed by atoms with Crippen LogP contribution in [0, 0.1) is 17.3 Å². The topological polar surface area (TPSA) is 55.8 Å². The normalized spacial score (nSPS) is 26.7. The van der Waals surface area contributed by atoms with E-state index in [1.54, 1.807) is 7.11 Å². The van der Waals surface area contributed by atoms with Crippen LogP contribution in [0.1, 0.15) is 46.0 Å². The Kier molecular flexibility index (Phi) is 6.80. The molecule has 1 atom stereocenters. The lowest BCUT2D eigenvalue weighted by Gasteiger charge is -2.29. The highest BCUT2D eigenvalue weighted by atomic mass is 16.5. The Morgan fingerprint density at radius 2 is 1.89 bits per heavy atom. The summed E-state index contributed by atoms with van der Waals surface area (Å²) in [5.74, 6) is 0.721. The Bertz CT molecular complexity index is 271. The number of aliphatic hydroxyl groups is 1. The van der Waals surface area contributed by atoms with E-state index in [0.717, 1.165) is 31.6 Å². The summed E-state index contributed by atoms with van der Waals surface area (Å²) in [5, 5.41) is 9.33. The Hall–Kier alpha value is -0.610. The van der Waals surface area contributed by atoms with Crippen molar-refractivity contribution >= 4 is 5.97 Å². The van der Waals surface area contributed by atoms with Gasteiger partial charge in [0.1, 0.15) is 6.61 Å². The van der Waals surface area contributed by atoms with Crippen molar-refractivity contribution in [2.75, 3.05) is 26.9 Å². The fraction of sp³-hybridized carbons (Fsp3) is 0.933. The molecule has 0 spiro atoms. The second kappa shape index (κ2) is 7.85. The van der Waals surface area contributed by atoms with E-state index < -0.39 is 5.41 Å². The summed E-state index contributed by atoms with van der Waals surface area (Å²) in [5.41, 5.74) is -0.495. The minimum atomic E-state index is -0.495. The maximum Gasteiger partial charge on any atom is 0.308 e. The fourth-order valence-corrected chi connectivity index (χ4v) is 2.65. The van der Waals surface area contributed by atoms with Gasteiger partial charge in [-0.05, 0) is 31.6 Å². The summed E-state index contributed by atoms with van der Waals surface area (Å²) in [4.78, 5) is 12.0. The zero-order chi connectivity index (χ0) is 14.3. The van der Waals surface area contributed by atoms with Crippen LogP contribution in [-0.2, 0) is 14.3 Å². The highest BCUT2D eigenvalue weighted by molar-refractivity contribution is 5.72. The molecule has 1 rings (SSSR count). The molecule has 0 aromatic carbocycles. The molecule has 0 saturated heterocycles. The van der Waals surface area contributed by atoms with Crippen molar-refractivity contribution in [3.05, 3.63) is 0 Å². The second-order valence-electron chi connectivity index (χ2n) is 6.14. The van der Waals surface area contributed by atoms with Gasteiger partial charge in [-0.1, -0.05) is 20.3 Å². The largest absolute Gasteiger partial charge is 0.465 e. The predicted octanol–water partition coefficient (Wildman–Crippen LogP) is 2.39. The first-order valence-electron chi connectivity index (χ1n) is 7.31. The average molecular weight is 272 g/mol. The molecule has 4 nitrogen and oxygen atoms in total. The van der Waals surface area contributed by atoms with E-state index in [0.29, 0.717) is 6.61 Å². The molecule has 0 heterocycles. The first kappa shape index (κ1) is 16.4. The molecule has 1 aliphatic rings. The van der Waals surface area contributed by atoms with Crippen molar-refractivity contribution in [1.82, 2.24) is 0 Å². The van der Waals surface area contributed by atoms with Crippen LogP contribution in [0.2, 0.25) is 0 Å². The summed E-state index contributed by atoms with van der Waals surface area (Å²) in [6.45, 7) is 4.64. The number of ether oxygens (including phenoxy) is 2. The fourth-order valence-electron chi connectivity index (χ4n) is 2.65. The van der Waals surface area contributed by atoms with E-state index >= 15 is 0 Å². The van der Waals surface area contributed by atoms with E-state index in [-0.39, 0.29) is 25.1 Å². The molecule has 0 amide bonds. The van der Waals surface area contributed by atoms with Crippen molar-refractivity contribution in [3.63, 3.8) is 0 Å². The van der Waals surface area contributed by atoms with Gasteiger partial charge in [0.15, 0.2) is 0 Å². The third-order valence-corrected chi connectivity index (χ3v) is 4.19. The minimum absolute atomic E-state index is 0.0449. The maximum absolute atomic E-state index is 12.0. The quantitative estimate of drug-likeness (QED) is 0.723. The monoisotopic (exact) mass is 272 g/mol. The van der Waals surface area contributed by atoms with Crippen molar-refractivity contribution in [1.29, 1.82) is 0 Å². The highest BCUT2D eigenvalue weighted by Crippen LogP contribution is 2.31. The van der Waals surface area contributed by atoms with Crippen LogP contribution in [0.5, 0.6) is 0 Å². The van der Waals surface area contributed by atoms with Crippen LogP contribution in [0.3, 0.4) is 0 Å². The van der Waals surface area contributed by atoms with Gasteiger partial charge >= 0.3 is 5.97 Å². The average Bonchev–Trinajstić information content (AvgIpc) is 2.45. The third kappa shape index (κ3) is 5.11. The van der Waals surface area contributed by atoms with Crippen molar-refractivity contribution in [2.45, 2.75) is 46.0 Å². The lowest BCUT2D eigenvalue weighted by molar-refractivity contribution is -0.155. The molecule has 1 aliphatic carbocycles. The van der Waals surface area contributed by atoms with Crippen molar-refractivity contribution in [2.24, 2.45) is 17.3 Å². The Balaban J connectivity index is 2.35. The van der Waals surface area contributed by atoms with E-state index in [2.05, 4.69) is 6.92 Å². The number of rotatable bonds is 7. The van der Waals surface area contributed by atoms with Crippen LogP contribution < -0.4 is 0 Å². The summed E-state index contributed by atoms with van der Waals surface area (Å²) in [6.07, 6.45) is 5.35. The highest BCUT2D eigenvalue weighted by Gasteiger charge is 2.30. The predicted molar refractivity (Wildman–Crippen MR) is 73.8 cm³/mol. The van der Waals surface area contributed by atoms with Gasteiger partial charge in [-0.15, -0.1) is 0 Å². The number of methoxy groups -OCH3 is 1. The van der Waals surface area contributed by atoms with Crippen LogP contribution in [-0.4, -0.2) is 38.0 Å². The van der Waals surface area contributed by atoms with E-state index in [1.807, 2.05) is 6.92 Å². The first-order valence-corrected chi connectivity index (χ1v) is 7.31. The van der Waals surface area contributed by atoms with E-state index in [9.17, 15) is 9.90 Å². The second-order valence-corrected chi connectivity index (χ2v) is 6.14. The summed E-state index contributed by atoms with van der Waals surface area (Å²) in [6, 6.07) is 0. The number of esters is 1. The molecular weight excluding hydrogens is 244 g/mol. The van der Waals surface area contributed by atoms with Crippen LogP contribution in [0.25, 0.3) is 0 Å². The SMILES string of the molecule is CCC1CCC(C(=O)OCC(C)(CO)COC)CC1. The van der Waals surface area contributed by atoms with Gasteiger partial charge in [-0.25, -0.2) is 0 Å². The van der Waals surface area contributed by atoms with Crippen LogP contribution >= 0.6 is 0 Å². The number of carbonyl (C=O) groups is 1. The zero-order valence-electron chi connectivity index (χ0n) is 12.5. The molecule has 0 aliphatic heterocycles. The lowest BCUT2D eigenvalue weighted by Crippen LogP contribution is -2.35. The molecule has 0 bridgehead atoms. The summed E-state index contributed by atoms with van der Waals surface area (Å²) < 4.78 is 10.4. The van der Waals surface area contributed by atoms with E-state index in [1.165, 1.54) is 6.42 Å². The van der Waals surface area contributed by atoms with Crippen LogP contribution in [0.4, 0.5) is 0 Å². The first-order chi connectivity index (χ1) is 9.04. The molecule has 4 heteroatoms. The molecule has 1 N–H and O–H groups in total. The number of hydrogen-bond donors (Lipinski definition) is 1. The Morgan fingerprint density at radius 1 is 1.26 bits per heavy atom. The molecule has 19 heavy (non-hydrogen) atoms. The zero-order valence-corrected chi connectivity index (χ0v) is 12.5. The molecule has 0 aromatic heterocycles. The van der Waals surface area contributed by atoms with Gasteiger partial charge in [0.2, 0.25) is 0 Å². The van der Waals surface area contributed by atoms with Gasteiger partial charge < -0.3 is 14.6 Å². The molecule has 1 saturated carbocycles. The van der Waals surface area contributed by atoms with Gasteiger partial charge in [-0.3, -0.25) is 4.79 Å². The smallest absolute Gasteiger partial charge is 0.308 e. The van der Waals surface area contributed by atoms with Gasteiger partial charge in [0.05, 0.1) is 19.1 Å². The Morgan fingerprint density at radius 3 is 2.37 bits per heavy atom. The number of carbonyl (C=O) groups excluding carboxylic acids is 1. The number of hydrogen-bond acceptors (Lipinski definition) is 4. The molecular formula is C15H28O4. The maximum atomic E-state index is 12.0. The summed E-state index contributed by atoms with van der Waals surface area (Å²) >= 11 is 0. The standard InChI is InChI=1S/C15H28O4/c1-4-12-5-7-13(8-6-12)14(17)19-11-15(2,9-16)10-18-3/h12-13,16H,4-11H2,1-3H3. The van der Waals surface area contributed by atoms with E-state index in [4.69, 9.17) is 9.47 Å². The molecule has 0 radical (unpaired) electrons. The summed E-state index contributed by atoms with van der Waals surface area (Å²) in [7, 11) is 1.59. The number of aliphatic hydroxyl groups excluding tert-OH is 1. The minimum Gasteiger partial charge on any atom is -0.465 e. The molecule has 1 unspecified atom stereocenters. The Labute approximate surface area is 116 Å². The lowest BCUT2D eigenvalue weighted by atomic mass is 9.81. The third-order valence-electron chi connectivity index (χ3n) is 4.19. The van der Waals surface area contributed by atoms with Crippen LogP contribution in [0.15, 0.2) is 0 Å². The van der Waals surface area contributed by atoms with Gasteiger partial charge in [-0.2, -0.15) is 0 Å². The molecule has 112 valence electrons.